The number of hydrogen-bond donors (Lipinski definition) is 0. The quantitative estimate of drug-likeness (QED) is 0.159. The first-order chi connectivity index (χ1) is 23.8. The van der Waals surface area contributed by atoms with E-state index in [0.717, 1.165) is 43.5 Å². The summed E-state index contributed by atoms with van der Waals surface area (Å²) in [6.45, 7) is 8.84. The number of nitrogens with zero attached hydrogens (tertiary/aromatic N) is 3. The third-order valence-corrected chi connectivity index (χ3v) is 12.0. The summed E-state index contributed by atoms with van der Waals surface area (Å²) in [5.41, 5.74) is -1.97. The molecule has 12 heteroatoms. The van der Waals surface area contributed by atoms with Gasteiger partial charge in [0.1, 0.15) is 11.4 Å². The second-order valence-electron chi connectivity index (χ2n) is 14.0. The van der Waals surface area contributed by atoms with Gasteiger partial charge in [-0.3, -0.25) is 19.5 Å². The van der Waals surface area contributed by atoms with Crippen LogP contribution < -0.4 is 0 Å². The molecule has 0 aromatic heterocycles. The fourth-order valence-corrected chi connectivity index (χ4v) is 8.24. The summed E-state index contributed by atoms with van der Waals surface area (Å²) in [7, 11) is -3.04. The van der Waals surface area contributed by atoms with Crippen molar-refractivity contribution in [3.05, 3.63) is 101 Å². The molecule has 268 valence electrons. The van der Waals surface area contributed by atoms with Crippen LogP contribution in [0.4, 0.5) is 22.4 Å². The Morgan fingerprint density at radius 1 is 0.880 bits per heavy atom. The first-order valence-corrected chi connectivity index (χ1v) is 18.4. The Balaban J connectivity index is 1.000. The number of carbonyl (C=O) groups is 2. The van der Waals surface area contributed by atoms with Gasteiger partial charge in [0.25, 0.3) is 0 Å². The zero-order valence-corrected chi connectivity index (χ0v) is 29.2. The number of likely N-dealkylation sites (tertiary alicyclic amines) is 2. The predicted molar refractivity (Wildman–Crippen MR) is 182 cm³/mol. The normalized spacial score (nSPS) is 20.8. The van der Waals surface area contributed by atoms with Crippen molar-refractivity contribution < 1.29 is 36.1 Å². The molecule has 3 fully saturated rings. The summed E-state index contributed by atoms with van der Waals surface area (Å²) < 4.78 is 69.2. The van der Waals surface area contributed by atoms with Gasteiger partial charge in [0, 0.05) is 60.9 Å². The number of piperidine rings is 2. The SMILES string of the molecule is CCC(C)(c1ccc(CN2CC3(CCN(Cc4ccc(S(=O)C(F)(F)F)cc4)CC3)OC2=O)cc1)N1CCC(C(=O)c2ccc(F)cc2)CC1. The molecule has 2 atom stereocenters. The van der Waals surface area contributed by atoms with Crippen LogP contribution in [0.1, 0.15) is 73.0 Å². The van der Waals surface area contributed by atoms with Crippen LogP contribution in [0, 0.1) is 11.7 Å². The summed E-state index contributed by atoms with van der Waals surface area (Å²) in [5.74, 6) is -0.338. The Kier molecular flexibility index (Phi) is 10.5. The molecule has 3 heterocycles. The molecule has 1 spiro atoms. The molecular formula is C38H43F4N3O4S. The topological polar surface area (TPSA) is 70.2 Å². The highest BCUT2D eigenvalue weighted by Crippen LogP contribution is 2.38. The molecule has 3 aliphatic heterocycles. The lowest BCUT2D eigenvalue weighted by molar-refractivity contribution is -0.0384. The van der Waals surface area contributed by atoms with E-state index in [1.807, 2.05) is 0 Å². The van der Waals surface area contributed by atoms with Gasteiger partial charge in [-0.15, -0.1) is 0 Å². The molecule has 0 bridgehead atoms. The Morgan fingerprint density at radius 3 is 2.04 bits per heavy atom. The van der Waals surface area contributed by atoms with Gasteiger partial charge in [0.15, 0.2) is 16.6 Å². The summed E-state index contributed by atoms with van der Waals surface area (Å²) >= 11 is 0. The van der Waals surface area contributed by atoms with Gasteiger partial charge in [-0.2, -0.15) is 13.2 Å². The van der Waals surface area contributed by atoms with E-state index < -0.39 is 21.9 Å². The zero-order chi connectivity index (χ0) is 35.7. The van der Waals surface area contributed by atoms with Crippen LogP contribution in [0.25, 0.3) is 0 Å². The molecule has 2 unspecified atom stereocenters. The molecule has 50 heavy (non-hydrogen) atoms. The number of Topliss-reactive ketones (excluding diaryl/α,β-unsaturated/α-hetero) is 1. The maximum absolute atomic E-state index is 13.3. The van der Waals surface area contributed by atoms with Crippen LogP contribution in [-0.2, 0) is 34.2 Å². The minimum absolute atomic E-state index is 0.0723. The number of ether oxygens (including phenoxy) is 1. The molecule has 0 radical (unpaired) electrons. The first-order valence-electron chi connectivity index (χ1n) is 17.2. The largest absolute Gasteiger partial charge is 0.475 e. The smallest absolute Gasteiger partial charge is 0.441 e. The van der Waals surface area contributed by atoms with Gasteiger partial charge in [0.2, 0.25) is 0 Å². The Hall–Kier alpha value is -3.61. The number of carbonyl (C=O) groups excluding carboxylic acids is 2. The van der Waals surface area contributed by atoms with Crippen molar-refractivity contribution in [2.24, 2.45) is 5.92 Å². The van der Waals surface area contributed by atoms with Gasteiger partial charge in [-0.1, -0.05) is 43.3 Å². The molecule has 0 aliphatic carbocycles. The minimum Gasteiger partial charge on any atom is -0.441 e. The lowest BCUT2D eigenvalue weighted by atomic mass is 9.82. The Labute approximate surface area is 293 Å². The molecule has 7 nitrogen and oxygen atoms in total. The van der Waals surface area contributed by atoms with E-state index in [4.69, 9.17) is 4.74 Å². The highest BCUT2D eigenvalue weighted by Gasteiger charge is 2.47. The predicted octanol–water partition coefficient (Wildman–Crippen LogP) is 7.66. The molecular weight excluding hydrogens is 670 g/mol. The van der Waals surface area contributed by atoms with E-state index >= 15 is 0 Å². The molecule has 3 aliphatic rings. The molecule has 0 N–H and O–H groups in total. The van der Waals surface area contributed by atoms with Gasteiger partial charge < -0.3 is 4.74 Å². The van der Waals surface area contributed by atoms with Crippen LogP contribution in [0.3, 0.4) is 0 Å². The lowest BCUT2D eigenvalue weighted by Gasteiger charge is -2.45. The third-order valence-electron chi connectivity index (χ3n) is 10.9. The zero-order valence-electron chi connectivity index (χ0n) is 28.4. The van der Waals surface area contributed by atoms with Gasteiger partial charge in [-0.05, 0) is 92.4 Å². The molecule has 3 aromatic rings. The second kappa shape index (κ2) is 14.6. The van der Waals surface area contributed by atoms with Crippen molar-refractivity contribution in [2.75, 3.05) is 32.7 Å². The number of alkyl halides is 3. The van der Waals surface area contributed by atoms with Gasteiger partial charge >= 0.3 is 11.6 Å². The summed E-state index contributed by atoms with van der Waals surface area (Å²) in [6, 6.07) is 19.9. The van der Waals surface area contributed by atoms with E-state index in [0.29, 0.717) is 51.1 Å². The second-order valence-corrected chi connectivity index (χ2v) is 15.5. The van der Waals surface area contributed by atoms with E-state index in [-0.39, 0.29) is 34.0 Å². The summed E-state index contributed by atoms with van der Waals surface area (Å²) in [4.78, 5) is 32.1. The number of benzene rings is 3. The number of amides is 1. The van der Waals surface area contributed by atoms with Crippen molar-refractivity contribution in [3.63, 3.8) is 0 Å². The Bertz CT molecular complexity index is 1680. The van der Waals surface area contributed by atoms with Crippen molar-refractivity contribution in [1.29, 1.82) is 0 Å². The van der Waals surface area contributed by atoms with Crippen LogP contribution >= 0.6 is 0 Å². The lowest BCUT2D eigenvalue weighted by Crippen LogP contribution is -2.48. The van der Waals surface area contributed by atoms with Crippen LogP contribution in [0.2, 0.25) is 0 Å². The van der Waals surface area contributed by atoms with Crippen LogP contribution in [-0.4, -0.2) is 74.6 Å². The summed E-state index contributed by atoms with van der Waals surface area (Å²) in [5, 5.41) is 0. The third kappa shape index (κ3) is 7.82. The molecule has 0 saturated carbocycles. The average molecular weight is 714 g/mol. The molecule has 6 rings (SSSR count). The van der Waals surface area contributed by atoms with E-state index in [1.165, 1.54) is 29.8 Å². The van der Waals surface area contributed by atoms with E-state index in [2.05, 4.69) is 47.9 Å². The van der Waals surface area contributed by atoms with Crippen molar-refractivity contribution in [1.82, 2.24) is 14.7 Å². The maximum atomic E-state index is 13.3. The fourth-order valence-electron chi connectivity index (χ4n) is 7.59. The first kappa shape index (κ1) is 36.2. The monoisotopic (exact) mass is 713 g/mol. The van der Waals surface area contributed by atoms with Crippen LogP contribution in [0.15, 0.2) is 77.7 Å². The van der Waals surface area contributed by atoms with Gasteiger partial charge in [0.05, 0.1) is 6.54 Å². The highest BCUT2D eigenvalue weighted by atomic mass is 32.2. The van der Waals surface area contributed by atoms with E-state index in [9.17, 15) is 31.4 Å². The number of hydrogen-bond acceptors (Lipinski definition) is 6. The van der Waals surface area contributed by atoms with Crippen LogP contribution in [0.5, 0.6) is 0 Å². The molecule has 1 amide bonds. The highest BCUT2D eigenvalue weighted by molar-refractivity contribution is 7.86. The van der Waals surface area contributed by atoms with Crippen molar-refractivity contribution in [2.45, 2.75) is 80.6 Å². The molecule has 3 saturated heterocycles. The molecule has 3 aromatic carbocycles. The van der Waals surface area contributed by atoms with Crippen molar-refractivity contribution >= 4 is 22.7 Å². The summed E-state index contributed by atoms with van der Waals surface area (Å²) in [6.07, 6.45) is 3.39. The minimum atomic E-state index is -4.78. The Morgan fingerprint density at radius 2 is 1.46 bits per heavy atom. The maximum Gasteiger partial charge on any atom is 0.475 e. The average Bonchev–Trinajstić information content (AvgIpc) is 3.42. The number of halogens is 4. The van der Waals surface area contributed by atoms with E-state index in [1.54, 1.807) is 29.2 Å². The standard InChI is InChI=1S/C38H43F4N3O4S/c1-3-36(2,45-20-16-30(17-21-45)34(46)29-8-12-32(39)13-9-29)31-10-4-28(5-11-31)25-44-26-37(49-35(44)47)18-22-43(23-19-37)24-27-6-14-33(15-7-27)50(48)38(40,41)42/h4-15,30H,3,16-26H2,1-2H3. The number of rotatable bonds is 10. The van der Waals surface area contributed by atoms with Gasteiger partial charge in [-0.25, -0.2) is 13.4 Å². The fraction of sp³-hybridized carbons (Fsp3) is 0.474. The van der Waals surface area contributed by atoms with Crippen molar-refractivity contribution in [3.8, 4) is 0 Å². The number of ketones is 1.